The van der Waals surface area contributed by atoms with Gasteiger partial charge in [-0.1, -0.05) is 6.58 Å². The number of anilines is 2. The first-order chi connectivity index (χ1) is 9.52. The Hall–Kier alpha value is -2.11. The zero-order chi connectivity index (χ0) is 14.7. The SMILES string of the molecule is C=CC(=O)N1CC(Nc2ncnc(N)c2C)CC[C@@H]1C. The lowest BCUT2D eigenvalue weighted by Gasteiger charge is -2.38. The highest BCUT2D eigenvalue weighted by Crippen LogP contribution is 2.22. The predicted molar refractivity (Wildman–Crippen MR) is 79.2 cm³/mol. The van der Waals surface area contributed by atoms with Crippen LogP contribution >= 0.6 is 0 Å². The average molecular weight is 275 g/mol. The van der Waals surface area contributed by atoms with Crippen LogP contribution in [0.25, 0.3) is 0 Å². The van der Waals surface area contributed by atoms with Gasteiger partial charge in [-0.2, -0.15) is 0 Å². The number of carbonyl (C=O) groups is 1. The van der Waals surface area contributed by atoms with Gasteiger partial charge in [-0.15, -0.1) is 0 Å². The van der Waals surface area contributed by atoms with Crippen molar-refractivity contribution in [2.24, 2.45) is 0 Å². The number of nitrogen functional groups attached to an aromatic ring is 1. The molecule has 1 amide bonds. The van der Waals surface area contributed by atoms with Crippen molar-refractivity contribution >= 4 is 17.5 Å². The van der Waals surface area contributed by atoms with Crippen LogP contribution in [0.4, 0.5) is 11.6 Å². The van der Waals surface area contributed by atoms with Crippen molar-refractivity contribution in [3.05, 3.63) is 24.5 Å². The first-order valence-electron chi connectivity index (χ1n) is 6.79. The molecule has 0 bridgehead atoms. The minimum Gasteiger partial charge on any atom is -0.383 e. The molecule has 1 aromatic rings. The van der Waals surface area contributed by atoms with Crippen molar-refractivity contribution in [3.63, 3.8) is 0 Å². The van der Waals surface area contributed by atoms with Crippen LogP contribution in [0.5, 0.6) is 0 Å². The molecule has 0 saturated carbocycles. The van der Waals surface area contributed by atoms with Crippen LogP contribution in [0, 0.1) is 6.92 Å². The van der Waals surface area contributed by atoms with Gasteiger partial charge in [-0.25, -0.2) is 9.97 Å². The summed E-state index contributed by atoms with van der Waals surface area (Å²) >= 11 is 0. The second-order valence-electron chi connectivity index (χ2n) is 5.19. The summed E-state index contributed by atoms with van der Waals surface area (Å²) in [6.07, 6.45) is 4.76. The molecule has 1 aliphatic rings. The summed E-state index contributed by atoms with van der Waals surface area (Å²) in [5.41, 5.74) is 6.62. The molecule has 20 heavy (non-hydrogen) atoms. The molecule has 1 fully saturated rings. The summed E-state index contributed by atoms with van der Waals surface area (Å²) in [5.74, 6) is 1.19. The van der Waals surface area contributed by atoms with Crippen molar-refractivity contribution in [2.75, 3.05) is 17.6 Å². The second kappa shape index (κ2) is 5.90. The van der Waals surface area contributed by atoms with Gasteiger partial charge in [0.25, 0.3) is 0 Å². The molecular weight excluding hydrogens is 254 g/mol. The summed E-state index contributed by atoms with van der Waals surface area (Å²) in [5, 5.41) is 3.36. The Kier molecular flexibility index (Phi) is 4.22. The maximum Gasteiger partial charge on any atom is 0.246 e. The van der Waals surface area contributed by atoms with Crippen LogP contribution < -0.4 is 11.1 Å². The summed E-state index contributed by atoms with van der Waals surface area (Å²) < 4.78 is 0. The number of rotatable bonds is 3. The Balaban J connectivity index is 2.08. The zero-order valence-electron chi connectivity index (χ0n) is 12.0. The molecule has 1 saturated heterocycles. The number of piperidine rings is 1. The average Bonchev–Trinajstić information content (AvgIpc) is 2.45. The fraction of sp³-hybridized carbons (Fsp3) is 0.500. The van der Waals surface area contributed by atoms with E-state index in [0.29, 0.717) is 12.4 Å². The maximum absolute atomic E-state index is 11.8. The van der Waals surface area contributed by atoms with Crippen molar-refractivity contribution in [2.45, 2.75) is 38.8 Å². The molecule has 0 spiro atoms. The number of hydrogen-bond acceptors (Lipinski definition) is 5. The highest BCUT2D eigenvalue weighted by molar-refractivity contribution is 5.87. The zero-order valence-corrected chi connectivity index (χ0v) is 12.0. The molecule has 0 radical (unpaired) electrons. The van der Waals surface area contributed by atoms with E-state index < -0.39 is 0 Å². The number of nitrogens with two attached hydrogens (primary N) is 1. The van der Waals surface area contributed by atoms with Crippen LogP contribution in [0.2, 0.25) is 0 Å². The monoisotopic (exact) mass is 275 g/mol. The predicted octanol–water partition coefficient (Wildman–Crippen LogP) is 1.34. The van der Waals surface area contributed by atoms with Gasteiger partial charge in [-0.05, 0) is 32.8 Å². The van der Waals surface area contributed by atoms with Crippen molar-refractivity contribution in [1.82, 2.24) is 14.9 Å². The fourth-order valence-corrected chi connectivity index (χ4v) is 2.45. The highest BCUT2D eigenvalue weighted by atomic mass is 16.2. The van der Waals surface area contributed by atoms with Gasteiger partial charge in [0, 0.05) is 24.2 Å². The number of nitrogens with zero attached hydrogens (tertiary/aromatic N) is 3. The number of aromatic nitrogens is 2. The van der Waals surface area contributed by atoms with Gasteiger partial charge in [0.2, 0.25) is 5.91 Å². The van der Waals surface area contributed by atoms with Crippen molar-refractivity contribution in [3.8, 4) is 0 Å². The van der Waals surface area contributed by atoms with Gasteiger partial charge in [0.1, 0.15) is 18.0 Å². The molecule has 0 aromatic carbocycles. The Morgan fingerprint density at radius 3 is 3.00 bits per heavy atom. The Morgan fingerprint density at radius 1 is 1.55 bits per heavy atom. The van der Waals surface area contributed by atoms with Gasteiger partial charge in [0.15, 0.2) is 0 Å². The van der Waals surface area contributed by atoms with E-state index in [1.807, 2.05) is 11.8 Å². The largest absolute Gasteiger partial charge is 0.383 e. The van der Waals surface area contributed by atoms with E-state index >= 15 is 0 Å². The van der Waals surface area contributed by atoms with Gasteiger partial charge in [-0.3, -0.25) is 4.79 Å². The van der Waals surface area contributed by atoms with Gasteiger partial charge in [0.05, 0.1) is 0 Å². The molecule has 2 rings (SSSR count). The van der Waals surface area contributed by atoms with Crippen molar-refractivity contribution in [1.29, 1.82) is 0 Å². The number of nitrogens with one attached hydrogen (secondary N) is 1. The maximum atomic E-state index is 11.8. The Labute approximate surface area is 119 Å². The highest BCUT2D eigenvalue weighted by Gasteiger charge is 2.28. The molecule has 1 aliphatic heterocycles. The van der Waals surface area contributed by atoms with E-state index in [1.165, 1.54) is 12.4 Å². The number of likely N-dealkylation sites (tertiary alicyclic amines) is 1. The Morgan fingerprint density at radius 2 is 2.30 bits per heavy atom. The third kappa shape index (κ3) is 2.89. The standard InChI is InChI=1S/C14H21N5O/c1-4-12(20)19-7-11(6-5-9(19)2)18-14-10(3)13(15)16-8-17-14/h4,8-9,11H,1,5-7H2,2-3H3,(H3,15,16,17,18)/t9-,11?/m0/s1. The summed E-state index contributed by atoms with van der Waals surface area (Å²) in [7, 11) is 0. The van der Waals surface area contributed by atoms with Crippen LogP contribution in [-0.2, 0) is 4.79 Å². The summed E-state index contributed by atoms with van der Waals surface area (Å²) in [6, 6.07) is 0.415. The molecule has 3 N–H and O–H groups in total. The normalized spacial score (nSPS) is 22.4. The van der Waals surface area contributed by atoms with Crippen molar-refractivity contribution < 1.29 is 4.79 Å². The molecule has 2 atom stereocenters. The molecule has 0 aliphatic carbocycles. The van der Waals surface area contributed by atoms with Crippen LogP contribution in [0.3, 0.4) is 0 Å². The van der Waals surface area contributed by atoms with Gasteiger partial charge < -0.3 is 16.0 Å². The number of carbonyl (C=O) groups excluding carboxylic acids is 1. The molecular formula is C14H21N5O. The topological polar surface area (TPSA) is 84.1 Å². The summed E-state index contributed by atoms with van der Waals surface area (Å²) in [4.78, 5) is 21.8. The van der Waals surface area contributed by atoms with E-state index in [2.05, 4.69) is 28.8 Å². The van der Waals surface area contributed by atoms with Gasteiger partial charge >= 0.3 is 0 Å². The minimum absolute atomic E-state index is 0.0251. The lowest BCUT2D eigenvalue weighted by atomic mass is 9.99. The number of amides is 1. The molecule has 108 valence electrons. The van der Waals surface area contributed by atoms with Crippen LogP contribution in [0.15, 0.2) is 19.0 Å². The Bertz CT molecular complexity index is 516. The van der Waals surface area contributed by atoms with E-state index in [-0.39, 0.29) is 18.0 Å². The summed E-state index contributed by atoms with van der Waals surface area (Å²) in [6.45, 7) is 8.15. The van der Waals surface area contributed by atoms with E-state index in [9.17, 15) is 4.79 Å². The molecule has 2 heterocycles. The number of hydrogen-bond donors (Lipinski definition) is 2. The molecule has 6 heteroatoms. The third-order valence-electron chi connectivity index (χ3n) is 3.80. The molecule has 1 aromatic heterocycles. The quantitative estimate of drug-likeness (QED) is 0.813. The minimum atomic E-state index is -0.0251. The van der Waals surface area contributed by atoms with Crippen LogP contribution in [0.1, 0.15) is 25.3 Å². The third-order valence-corrected chi connectivity index (χ3v) is 3.80. The van der Waals surface area contributed by atoms with Crippen LogP contribution in [-0.4, -0.2) is 39.4 Å². The molecule has 6 nitrogen and oxygen atoms in total. The lowest BCUT2D eigenvalue weighted by molar-refractivity contribution is -0.129. The van der Waals surface area contributed by atoms with E-state index in [4.69, 9.17) is 5.73 Å². The molecule has 1 unspecified atom stereocenters. The van der Waals surface area contributed by atoms with E-state index in [0.717, 1.165) is 24.2 Å². The lowest BCUT2D eigenvalue weighted by Crippen LogP contribution is -2.49. The first kappa shape index (κ1) is 14.3. The first-order valence-corrected chi connectivity index (χ1v) is 6.79. The second-order valence-corrected chi connectivity index (χ2v) is 5.19. The fourth-order valence-electron chi connectivity index (χ4n) is 2.45. The van der Waals surface area contributed by atoms with E-state index in [1.54, 1.807) is 0 Å². The smallest absolute Gasteiger partial charge is 0.246 e.